The molecular formula is C20H24N4O2S2. The number of morpholine rings is 1. The van der Waals surface area contributed by atoms with Crippen molar-refractivity contribution in [3.05, 3.63) is 47.8 Å². The molecule has 4 rings (SSSR count). The summed E-state index contributed by atoms with van der Waals surface area (Å²) in [6.45, 7) is 6.80. The molecule has 148 valence electrons. The Morgan fingerprint density at radius 3 is 2.89 bits per heavy atom. The SMILES string of the molecule is Cc1c(SCCN2CCOCC2)ccnc1CS(=O)c1nc2ccccc2[nH]1. The Balaban J connectivity index is 1.40. The van der Waals surface area contributed by atoms with Crippen LogP contribution in [0.4, 0.5) is 0 Å². The summed E-state index contributed by atoms with van der Waals surface area (Å²) < 4.78 is 18.2. The smallest absolute Gasteiger partial charge is 0.197 e. The normalized spacial score (nSPS) is 16.5. The van der Waals surface area contributed by atoms with Gasteiger partial charge in [-0.15, -0.1) is 11.8 Å². The first-order chi connectivity index (χ1) is 13.7. The van der Waals surface area contributed by atoms with Gasteiger partial charge in [-0.25, -0.2) is 4.98 Å². The molecule has 28 heavy (non-hydrogen) atoms. The molecule has 1 aliphatic heterocycles. The van der Waals surface area contributed by atoms with Crippen molar-refractivity contribution >= 4 is 33.6 Å². The second-order valence-corrected chi connectivity index (χ2v) is 9.24. The fourth-order valence-electron chi connectivity index (χ4n) is 3.20. The Morgan fingerprint density at radius 2 is 2.07 bits per heavy atom. The molecule has 1 unspecified atom stereocenters. The quantitative estimate of drug-likeness (QED) is 0.597. The average molecular weight is 417 g/mol. The highest BCUT2D eigenvalue weighted by molar-refractivity contribution is 7.99. The van der Waals surface area contributed by atoms with Gasteiger partial charge in [-0.2, -0.15) is 0 Å². The van der Waals surface area contributed by atoms with Crippen molar-refractivity contribution in [3.8, 4) is 0 Å². The third-order valence-corrected chi connectivity index (χ3v) is 7.18. The Hall–Kier alpha value is -1.74. The molecule has 0 aliphatic carbocycles. The number of fused-ring (bicyclic) bond motifs is 1. The Morgan fingerprint density at radius 1 is 1.25 bits per heavy atom. The van der Waals surface area contributed by atoms with Crippen LogP contribution in [0.1, 0.15) is 11.3 Å². The van der Waals surface area contributed by atoms with Crippen LogP contribution in [0.3, 0.4) is 0 Å². The zero-order valence-electron chi connectivity index (χ0n) is 15.9. The number of aromatic nitrogens is 3. The monoisotopic (exact) mass is 416 g/mol. The summed E-state index contributed by atoms with van der Waals surface area (Å²) in [7, 11) is -1.26. The Kier molecular flexibility index (Phi) is 6.41. The molecule has 3 aromatic rings. The molecule has 0 amide bonds. The number of ether oxygens (including phenoxy) is 1. The van der Waals surface area contributed by atoms with E-state index in [-0.39, 0.29) is 0 Å². The topological polar surface area (TPSA) is 71.1 Å². The van der Waals surface area contributed by atoms with Crippen LogP contribution < -0.4 is 0 Å². The fourth-order valence-corrected chi connectivity index (χ4v) is 5.36. The summed E-state index contributed by atoms with van der Waals surface area (Å²) in [5.74, 6) is 1.39. The van der Waals surface area contributed by atoms with E-state index in [1.807, 2.05) is 48.3 Å². The number of nitrogens with one attached hydrogen (secondary N) is 1. The van der Waals surface area contributed by atoms with Crippen molar-refractivity contribution in [2.75, 3.05) is 38.6 Å². The Bertz CT molecular complexity index is 937. The third kappa shape index (κ3) is 4.63. The first-order valence-corrected chi connectivity index (χ1v) is 11.7. The standard InChI is InChI=1S/C20H24N4O2S2/c1-15-18(14-28(25)20-22-16-4-2-3-5-17(16)23-20)21-7-6-19(15)27-13-10-24-8-11-26-12-9-24/h2-7H,8-14H2,1H3,(H,22,23). The molecule has 0 saturated carbocycles. The number of nitrogens with zero attached hydrogens (tertiary/aromatic N) is 3. The van der Waals surface area contributed by atoms with Gasteiger partial charge in [0.05, 0.1) is 46.5 Å². The van der Waals surface area contributed by atoms with Crippen molar-refractivity contribution < 1.29 is 8.95 Å². The van der Waals surface area contributed by atoms with Crippen LogP contribution in [0.2, 0.25) is 0 Å². The second kappa shape index (κ2) is 9.17. The van der Waals surface area contributed by atoms with Gasteiger partial charge in [-0.05, 0) is 30.7 Å². The van der Waals surface area contributed by atoms with Crippen LogP contribution in [0, 0.1) is 6.92 Å². The van der Waals surface area contributed by atoms with E-state index in [1.54, 1.807) is 0 Å². The van der Waals surface area contributed by atoms with Crippen molar-refractivity contribution in [1.82, 2.24) is 19.9 Å². The van der Waals surface area contributed by atoms with Gasteiger partial charge in [-0.3, -0.25) is 14.1 Å². The van der Waals surface area contributed by atoms with Crippen LogP contribution in [0.5, 0.6) is 0 Å². The summed E-state index contributed by atoms with van der Waals surface area (Å²) in [6, 6.07) is 9.78. The van der Waals surface area contributed by atoms with Crippen molar-refractivity contribution in [3.63, 3.8) is 0 Å². The number of rotatable bonds is 7. The highest BCUT2D eigenvalue weighted by Gasteiger charge is 2.15. The maximum absolute atomic E-state index is 12.8. The van der Waals surface area contributed by atoms with E-state index in [1.165, 1.54) is 4.90 Å². The van der Waals surface area contributed by atoms with Crippen molar-refractivity contribution in [2.45, 2.75) is 22.7 Å². The minimum atomic E-state index is -1.26. The van der Waals surface area contributed by atoms with Gasteiger partial charge in [0.2, 0.25) is 0 Å². The summed E-state index contributed by atoms with van der Waals surface area (Å²) >= 11 is 1.84. The lowest BCUT2D eigenvalue weighted by Gasteiger charge is -2.26. The number of pyridine rings is 1. The number of H-pyrrole nitrogens is 1. The van der Waals surface area contributed by atoms with Gasteiger partial charge in [0.25, 0.3) is 0 Å². The molecule has 1 aromatic carbocycles. The molecular weight excluding hydrogens is 392 g/mol. The predicted molar refractivity (Wildman–Crippen MR) is 113 cm³/mol. The Labute approximate surface area is 171 Å². The fraction of sp³-hybridized carbons (Fsp3) is 0.400. The van der Waals surface area contributed by atoms with E-state index in [4.69, 9.17) is 4.74 Å². The lowest BCUT2D eigenvalue weighted by Crippen LogP contribution is -2.37. The molecule has 0 radical (unpaired) electrons. The molecule has 1 atom stereocenters. The maximum Gasteiger partial charge on any atom is 0.197 e. The van der Waals surface area contributed by atoms with E-state index >= 15 is 0 Å². The molecule has 0 spiro atoms. The maximum atomic E-state index is 12.8. The summed E-state index contributed by atoms with van der Waals surface area (Å²) in [5.41, 5.74) is 3.72. The molecule has 1 aliphatic rings. The van der Waals surface area contributed by atoms with Crippen LogP contribution in [-0.2, 0) is 21.3 Å². The molecule has 1 N–H and O–H groups in total. The first-order valence-electron chi connectivity index (χ1n) is 9.41. The number of para-hydroxylation sites is 2. The van der Waals surface area contributed by atoms with Crippen molar-refractivity contribution in [1.29, 1.82) is 0 Å². The number of imidazole rings is 1. The number of hydrogen-bond donors (Lipinski definition) is 1. The lowest BCUT2D eigenvalue weighted by atomic mass is 10.2. The minimum absolute atomic E-state index is 0.365. The highest BCUT2D eigenvalue weighted by atomic mass is 32.2. The van der Waals surface area contributed by atoms with Gasteiger partial charge in [0, 0.05) is 36.5 Å². The van der Waals surface area contributed by atoms with Crippen LogP contribution in [0.15, 0.2) is 46.6 Å². The van der Waals surface area contributed by atoms with Gasteiger partial charge >= 0.3 is 0 Å². The second-order valence-electron chi connectivity index (χ2n) is 6.73. The van der Waals surface area contributed by atoms with Crippen LogP contribution >= 0.6 is 11.8 Å². The van der Waals surface area contributed by atoms with Crippen LogP contribution in [0.25, 0.3) is 11.0 Å². The molecule has 3 heterocycles. The van der Waals surface area contributed by atoms with Gasteiger partial charge in [0.1, 0.15) is 0 Å². The predicted octanol–water partition coefficient (Wildman–Crippen LogP) is 3.00. The summed E-state index contributed by atoms with van der Waals surface area (Å²) in [4.78, 5) is 15.7. The average Bonchev–Trinajstić information content (AvgIpc) is 3.16. The lowest BCUT2D eigenvalue weighted by molar-refractivity contribution is 0.0410. The third-order valence-electron chi connectivity index (χ3n) is 4.88. The van der Waals surface area contributed by atoms with Crippen molar-refractivity contribution in [2.24, 2.45) is 0 Å². The molecule has 0 bridgehead atoms. The molecule has 1 saturated heterocycles. The van der Waals surface area contributed by atoms with Gasteiger partial charge in [-0.1, -0.05) is 12.1 Å². The number of thioether (sulfide) groups is 1. The zero-order valence-corrected chi connectivity index (χ0v) is 17.5. The van der Waals surface area contributed by atoms with E-state index in [9.17, 15) is 4.21 Å². The first kappa shape index (κ1) is 19.6. The van der Waals surface area contributed by atoms with Crippen LogP contribution in [-0.4, -0.2) is 62.7 Å². The van der Waals surface area contributed by atoms with E-state index in [0.717, 1.165) is 60.9 Å². The van der Waals surface area contributed by atoms with E-state index in [2.05, 4.69) is 26.8 Å². The highest BCUT2D eigenvalue weighted by Crippen LogP contribution is 2.25. The molecule has 6 nitrogen and oxygen atoms in total. The van der Waals surface area contributed by atoms with E-state index in [0.29, 0.717) is 10.9 Å². The van der Waals surface area contributed by atoms with Gasteiger partial charge < -0.3 is 9.72 Å². The molecule has 2 aromatic heterocycles. The molecule has 1 fully saturated rings. The number of benzene rings is 1. The number of hydrogen-bond acceptors (Lipinski definition) is 6. The summed E-state index contributed by atoms with van der Waals surface area (Å²) in [5, 5.41) is 0.507. The zero-order chi connectivity index (χ0) is 19.3. The van der Waals surface area contributed by atoms with Gasteiger partial charge in [0.15, 0.2) is 5.16 Å². The van der Waals surface area contributed by atoms with E-state index < -0.39 is 10.8 Å². The molecule has 8 heteroatoms. The summed E-state index contributed by atoms with van der Waals surface area (Å²) in [6.07, 6.45) is 1.81. The minimum Gasteiger partial charge on any atom is -0.379 e. The largest absolute Gasteiger partial charge is 0.379 e. The number of aromatic amines is 1.